The lowest BCUT2D eigenvalue weighted by atomic mass is 10.1. The smallest absolute Gasteiger partial charge is 0.331 e. The number of ether oxygens (including phenoxy) is 1. The molecule has 1 aliphatic rings. The van der Waals surface area contributed by atoms with E-state index in [-0.39, 0.29) is 0 Å². The molecule has 132 valence electrons. The van der Waals surface area contributed by atoms with Crippen molar-refractivity contribution in [3.63, 3.8) is 0 Å². The van der Waals surface area contributed by atoms with Gasteiger partial charge >= 0.3 is 5.97 Å². The van der Waals surface area contributed by atoms with E-state index in [1.54, 1.807) is 18.2 Å². The van der Waals surface area contributed by atoms with Crippen LogP contribution in [0.2, 0.25) is 0 Å². The van der Waals surface area contributed by atoms with Gasteiger partial charge in [-0.05, 0) is 45.1 Å². The molecule has 0 radical (unpaired) electrons. The maximum atomic E-state index is 12.3. The van der Waals surface area contributed by atoms with Gasteiger partial charge in [-0.3, -0.25) is 4.79 Å². The molecule has 1 aromatic heterocycles. The Morgan fingerprint density at radius 2 is 2.04 bits per heavy atom. The van der Waals surface area contributed by atoms with Gasteiger partial charge in [-0.15, -0.1) is 11.3 Å². The van der Waals surface area contributed by atoms with Crippen LogP contribution in [-0.4, -0.2) is 18.0 Å². The predicted molar refractivity (Wildman–Crippen MR) is 98.4 cm³/mol. The van der Waals surface area contributed by atoms with Crippen molar-refractivity contribution < 1.29 is 14.3 Å². The molecular formula is C19H22N2O3S. The van der Waals surface area contributed by atoms with Crippen LogP contribution in [0.4, 0.5) is 5.00 Å². The first-order valence-corrected chi connectivity index (χ1v) is 9.24. The van der Waals surface area contributed by atoms with Gasteiger partial charge in [0, 0.05) is 11.0 Å². The molecule has 2 rings (SSSR count). The lowest BCUT2D eigenvalue weighted by Gasteiger charge is -2.11. The third-order valence-electron chi connectivity index (χ3n) is 3.97. The van der Waals surface area contributed by atoms with Crippen LogP contribution in [0.1, 0.15) is 49.1 Å². The Hall–Kier alpha value is -2.39. The minimum absolute atomic E-state index is 0.430. The van der Waals surface area contributed by atoms with Crippen molar-refractivity contribution in [3.05, 3.63) is 40.3 Å². The second-order valence-electron chi connectivity index (χ2n) is 5.83. The summed E-state index contributed by atoms with van der Waals surface area (Å²) in [5, 5.41) is 12.8. The third-order valence-corrected chi connectivity index (χ3v) is 5.18. The molecule has 1 aromatic rings. The van der Waals surface area contributed by atoms with Crippen LogP contribution in [0.15, 0.2) is 24.3 Å². The number of thiophene rings is 1. The number of nitrogens with zero attached hydrogens (tertiary/aromatic N) is 1. The summed E-state index contributed by atoms with van der Waals surface area (Å²) in [7, 11) is 0. The molecule has 0 saturated heterocycles. The molecule has 1 N–H and O–H groups in total. The van der Waals surface area contributed by atoms with Gasteiger partial charge in [-0.2, -0.15) is 5.26 Å². The van der Waals surface area contributed by atoms with E-state index in [9.17, 15) is 14.9 Å². The van der Waals surface area contributed by atoms with Gasteiger partial charge in [0.25, 0.3) is 5.91 Å². The number of hydrogen-bond acceptors (Lipinski definition) is 5. The lowest BCUT2D eigenvalue weighted by molar-refractivity contribution is -0.148. The molecule has 0 aliphatic heterocycles. The van der Waals surface area contributed by atoms with Crippen molar-refractivity contribution in [2.45, 2.75) is 52.1 Å². The largest absolute Gasteiger partial charge is 0.449 e. The molecular weight excluding hydrogens is 336 g/mol. The first-order chi connectivity index (χ1) is 12.1. The van der Waals surface area contributed by atoms with Crippen molar-refractivity contribution in [1.82, 2.24) is 0 Å². The number of anilines is 1. The first-order valence-electron chi connectivity index (χ1n) is 8.42. The van der Waals surface area contributed by atoms with Gasteiger partial charge in [0.15, 0.2) is 6.10 Å². The Labute approximate surface area is 152 Å². The Morgan fingerprint density at radius 1 is 1.28 bits per heavy atom. The van der Waals surface area contributed by atoms with Gasteiger partial charge in [0.2, 0.25) is 0 Å². The summed E-state index contributed by atoms with van der Waals surface area (Å²) in [6.07, 6.45) is 10.5. The highest BCUT2D eigenvalue weighted by Gasteiger charge is 2.23. The van der Waals surface area contributed by atoms with E-state index in [1.807, 2.05) is 6.92 Å². The maximum absolute atomic E-state index is 12.3. The number of allylic oxidation sites excluding steroid dienone is 3. The van der Waals surface area contributed by atoms with Crippen molar-refractivity contribution in [2.24, 2.45) is 0 Å². The average molecular weight is 358 g/mol. The van der Waals surface area contributed by atoms with Crippen LogP contribution in [0.3, 0.4) is 0 Å². The van der Waals surface area contributed by atoms with E-state index < -0.39 is 18.0 Å². The van der Waals surface area contributed by atoms with Crippen LogP contribution in [0.5, 0.6) is 0 Å². The van der Waals surface area contributed by atoms with Gasteiger partial charge in [-0.1, -0.05) is 24.6 Å². The number of carbonyl (C=O) groups is 2. The van der Waals surface area contributed by atoms with Crippen molar-refractivity contribution >= 4 is 28.2 Å². The molecule has 6 heteroatoms. The van der Waals surface area contributed by atoms with Gasteiger partial charge in [-0.25, -0.2) is 4.79 Å². The number of fused-ring (bicyclic) bond motifs is 1. The second-order valence-corrected chi connectivity index (χ2v) is 6.94. The second kappa shape index (κ2) is 9.19. The summed E-state index contributed by atoms with van der Waals surface area (Å²) in [5.41, 5.74) is 1.63. The number of nitrogens with one attached hydrogen (secondary N) is 1. The fraction of sp³-hybridized carbons (Fsp3) is 0.421. The number of esters is 1. The summed E-state index contributed by atoms with van der Waals surface area (Å²) in [6.45, 7) is 3.35. The zero-order valence-corrected chi connectivity index (χ0v) is 15.3. The van der Waals surface area contributed by atoms with E-state index in [0.717, 1.165) is 31.2 Å². The van der Waals surface area contributed by atoms with E-state index in [2.05, 4.69) is 11.4 Å². The third kappa shape index (κ3) is 5.04. The first kappa shape index (κ1) is 18.9. The van der Waals surface area contributed by atoms with Crippen LogP contribution in [-0.2, 0) is 27.2 Å². The minimum Gasteiger partial charge on any atom is -0.449 e. The molecule has 25 heavy (non-hydrogen) atoms. The topological polar surface area (TPSA) is 79.2 Å². The molecule has 1 heterocycles. The summed E-state index contributed by atoms with van der Waals surface area (Å²) in [6, 6.07) is 2.22. The normalized spacial score (nSPS) is 15.4. The number of hydrogen-bond donors (Lipinski definition) is 1. The fourth-order valence-electron chi connectivity index (χ4n) is 2.67. The molecule has 1 atom stereocenters. The molecule has 5 nitrogen and oxygen atoms in total. The summed E-state index contributed by atoms with van der Waals surface area (Å²) in [5.74, 6) is -1.01. The van der Waals surface area contributed by atoms with Crippen LogP contribution >= 0.6 is 11.3 Å². The molecule has 1 amide bonds. The number of rotatable bonds is 5. The minimum atomic E-state index is -0.934. The quantitative estimate of drug-likeness (QED) is 0.375. The van der Waals surface area contributed by atoms with Crippen molar-refractivity contribution in [3.8, 4) is 6.07 Å². The van der Waals surface area contributed by atoms with E-state index >= 15 is 0 Å². The van der Waals surface area contributed by atoms with Crippen molar-refractivity contribution in [1.29, 1.82) is 5.26 Å². The Kier molecular flexibility index (Phi) is 6.96. The monoisotopic (exact) mass is 358 g/mol. The van der Waals surface area contributed by atoms with Gasteiger partial charge < -0.3 is 10.1 Å². The summed E-state index contributed by atoms with van der Waals surface area (Å²) >= 11 is 1.46. The average Bonchev–Trinajstić information content (AvgIpc) is 2.75. The lowest BCUT2D eigenvalue weighted by Crippen LogP contribution is -2.29. The fourth-order valence-corrected chi connectivity index (χ4v) is 3.92. The molecule has 0 fully saturated rings. The highest BCUT2D eigenvalue weighted by Crippen LogP contribution is 2.37. The molecule has 0 bridgehead atoms. The number of carbonyl (C=O) groups excluding carboxylic acids is 2. The van der Waals surface area contributed by atoms with E-state index in [1.165, 1.54) is 35.6 Å². The van der Waals surface area contributed by atoms with E-state index in [4.69, 9.17) is 4.74 Å². The zero-order valence-electron chi connectivity index (χ0n) is 14.5. The zero-order chi connectivity index (χ0) is 18.2. The predicted octanol–water partition coefficient (Wildman–Crippen LogP) is 3.89. The number of amides is 1. The highest BCUT2D eigenvalue weighted by atomic mass is 32.1. The van der Waals surface area contributed by atoms with Crippen LogP contribution < -0.4 is 5.32 Å². The van der Waals surface area contributed by atoms with Crippen LogP contribution in [0, 0.1) is 11.3 Å². The summed E-state index contributed by atoms with van der Waals surface area (Å²) in [4.78, 5) is 25.1. The number of aryl methyl sites for hydroxylation is 1. The molecule has 1 aliphatic carbocycles. The molecule has 1 unspecified atom stereocenters. The van der Waals surface area contributed by atoms with Crippen molar-refractivity contribution in [2.75, 3.05) is 5.32 Å². The Balaban J connectivity index is 2.05. The SMILES string of the molecule is C/C=C/C=C/C(=O)OC(C)C(=O)Nc1sc2c(c1C#N)CCCCC2. The summed E-state index contributed by atoms with van der Waals surface area (Å²) < 4.78 is 5.08. The maximum Gasteiger partial charge on any atom is 0.331 e. The van der Waals surface area contributed by atoms with Crippen LogP contribution in [0.25, 0.3) is 0 Å². The Bertz CT molecular complexity index is 741. The van der Waals surface area contributed by atoms with E-state index in [0.29, 0.717) is 10.6 Å². The van der Waals surface area contributed by atoms with Gasteiger partial charge in [0.1, 0.15) is 11.1 Å². The Morgan fingerprint density at radius 3 is 2.76 bits per heavy atom. The standard InChI is InChI=1S/C19H22N2O3S/c1-3-4-6-11-17(22)24-13(2)18(23)21-19-15(12-20)14-9-7-5-8-10-16(14)25-19/h3-4,6,11,13H,5,7-10H2,1-2H3,(H,21,23)/b4-3+,11-6+. The number of nitriles is 1. The molecule has 0 saturated carbocycles. The molecule has 0 spiro atoms. The van der Waals surface area contributed by atoms with Gasteiger partial charge in [0.05, 0.1) is 5.56 Å². The highest BCUT2D eigenvalue weighted by molar-refractivity contribution is 7.16. The molecule has 0 aromatic carbocycles.